The van der Waals surface area contributed by atoms with Gasteiger partial charge < -0.3 is 14.4 Å². The Bertz CT molecular complexity index is 1270. The van der Waals surface area contributed by atoms with Crippen LogP contribution in [0.25, 0.3) is 11.1 Å². The molecule has 0 saturated carbocycles. The molecule has 1 aliphatic heterocycles. The maximum absolute atomic E-state index is 13.6. The summed E-state index contributed by atoms with van der Waals surface area (Å²) in [6.45, 7) is 3.54. The number of anilines is 1. The van der Waals surface area contributed by atoms with Gasteiger partial charge in [-0.2, -0.15) is 13.2 Å². The Morgan fingerprint density at radius 2 is 1.68 bits per heavy atom. The minimum absolute atomic E-state index is 0.197. The molecule has 1 heterocycles. The molecule has 0 bridgehead atoms. The van der Waals surface area contributed by atoms with Crippen molar-refractivity contribution < 1.29 is 32.2 Å². The molecule has 0 aliphatic carbocycles. The van der Waals surface area contributed by atoms with E-state index in [4.69, 9.17) is 9.47 Å². The number of alkyl halides is 3. The van der Waals surface area contributed by atoms with Gasteiger partial charge >= 0.3 is 18.2 Å². The summed E-state index contributed by atoms with van der Waals surface area (Å²) in [7, 11) is 1.30. The minimum atomic E-state index is -4.47. The van der Waals surface area contributed by atoms with Gasteiger partial charge in [0.1, 0.15) is 0 Å². The first-order valence-electron chi connectivity index (χ1n) is 11.8. The van der Waals surface area contributed by atoms with Crippen molar-refractivity contribution in [1.29, 1.82) is 0 Å². The number of ether oxygens (including phenoxy) is 2. The Balaban J connectivity index is 1.70. The minimum Gasteiger partial charge on any atom is -0.465 e. The smallest absolute Gasteiger partial charge is 0.416 e. The number of nitrogens with zero attached hydrogens (tertiary/aromatic N) is 2. The van der Waals surface area contributed by atoms with Crippen LogP contribution >= 0.6 is 0 Å². The molecule has 1 saturated heterocycles. The highest BCUT2D eigenvalue weighted by atomic mass is 19.4. The Hall–Kier alpha value is -3.85. The van der Waals surface area contributed by atoms with Gasteiger partial charge in [0.05, 0.1) is 38.0 Å². The van der Waals surface area contributed by atoms with Crippen LogP contribution in [0, 0.1) is 6.92 Å². The first-order chi connectivity index (χ1) is 17.7. The monoisotopic (exact) mass is 512 g/mol. The third-order valence-electron chi connectivity index (χ3n) is 6.12. The van der Waals surface area contributed by atoms with Crippen molar-refractivity contribution in [2.24, 2.45) is 0 Å². The zero-order valence-corrected chi connectivity index (χ0v) is 20.5. The third kappa shape index (κ3) is 6.29. The van der Waals surface area contributed by atoms with Crippen LogP contribution in [0.15, 0.2) is 66.7 Å². The van der Waals surface area contributed by atoms with Crippen molar-refractivity contribution in [3.63, 3.8) is 0 Å². The zero-order chi connectivity index (χ0) is 26.6. The molecule has 3 aromatic carbocycles. The molecule has 0 radical (unpaired) electrons. The summed E-state index contributed by atoms with van der Waals surface area (Å²) in [5.74, 6) is -0.461. The van der Waals surface area contributed by atoms with E-state index in [1.54, 1.807) is 71.3 Å². The molecule has 9 heteroatoms. The number of carbonyl (C=O) groups excluding carboxylic acids is 2. The summed E-state index contributed by atoms with van der Waals surface area (Å²) in [6, 6.07) is 17.3. The fraction of sp³-hybridized carbons (Fsp3) is 0.286. The summed E-state index contributed by atoms with van der Waals surface area (Å²) in [6.07, 6.45) is -4.47. The number of amides is 2. The molecular weight excluding hydrogens is 485 g/mol. The molecule has 37 heavy (non-hydrogen) atoms. The lowest BCUT2D eigenvalue weighted by molar-refractivity contribution is -0.137. The predicted octanol–water partition coefficient (Wildman–Crippen LogP) is 5.93. The largest absolute Gasteiger partial charge is 0.465 e. The maximum Gasteiger partial charge on any atom is 0.416 e. The van der Waals surface area contributed by atoms with Crippen LogP contribution in [-0.2, 0) is 22.2 Å². The van der Waals surface area contributed by atoms with Gasteiger partial charge in [-0.1, -0.05) is 30.3 Å². The van der Waals surface area contributed by atoms with E-state index in [0.29, 0.717) is 54.2 Å². The van der Waals surface area contributed by atoms with Crippen LogP contribution in [-0.4, -0.2) is 50.3 Å². The van der Waals surface area contributed by atoms with Gasteiger partial charge in [0.2, 0.25) is 0 Å². The van der Waals surface area contributed by atoms with Gasteiger partial charge in [-0.05, 0) is 65.6 Å². The van der Waals surface area contributed by atoms with Gasteiger partial charge in [0.25, 0.3) is 0 Å². The molecular formula is C28H27F3N2O4. The van der Waals surface area contributed by atoms with Crippen LogP contribution in [0.1, 0.15) is 27.0 Å². The highest BCUT2D eigenvalue weighted by molar-refractivity contribution is 5.93. The number of morpholine rings is 1. The highest BCUT2D eigenvalue weighted by Gasteiger charge is 2.31. The van der Waals surface area contributed by atoms with Crippen molar-refractivity contribution in [1.82, 2.24) is 4.90 Å². The lowest BCUT2D eigenvalue weighted by Crippen LogP contribution is -2.48. The number of esters is 1. The van der Waals surface area contributed by atoms with Crippen LogP contribution in [0.5, 0.6) is 0 Å². The second-order valence-corrected chi connectivity index (χ2v) is 8.79. The molecule has 0 aromatic heterocycles. The summed E-state index contributed by atoms with van der Waals surface area (Å²) in [4.78, 5) is 28.6. The van der Waals surface area contributed by atoms with Gasteiger partial charge in [-0.25, -0.2) is 9.59 Å². The predicted molar refractivity (Wildman–Crippen MR) is 133 cm³/mol. The molecule has 3 aromatic rings. The molecule has 6 nitrogen and oxygen atoms in total. The number of halogens is 3. The molecule has 1 fully saturated rings. The van der Waals surface area contributed by atoms with Crippen LogP contribution in [0.4, 0.5) is 23.7 Å². The van der Waals surface area contributed by atoms with Gasteiger partial charge in [-0.15, -0.1) is 0 Å². The van der Waals surface area contributed by atoms with Gasteiger partial charge in [0.15, 0.2) is 0 Å². The Labute approximate surface area is 213 Å². The van der Waals surface area contributed by atoms with E-state index in [1.165, 1.54) is 7.11 Å². The van der Waals surface area contributed by atoms with E-state index >= 15 is 0 Å². The Morgan fingerprint density at radius 1 is 0.973 bits per heavy atom. The summed E-state index contributed by atoms with van der Waals surface area (Å²) < 4.78 is 50.4. The second kappa shape index (κ2) is 11.0. The molecule has 0 atom stereocenters. The zero-order valence-electron chi connectivity index (χ0n) is 20.5. The fourth-order valence-electron chi connectivity index (χ4n) is 4.21. The molecule has 0 spiro atoms. The average molecular weight is 513 g/mol. The van der Waals surface area contributed by atoms with E-state index in [9.17, 15) is 22.8 Å². The second-order valence-electron chi connectivity index (χ2n) is 8.79. The van der Waals surface area contributed by atoms with E-state index in [2.05, 4.69) is 0 Å². The van der Waals surface area contributed by atoms with E-state index in [0.717, 1.165) is 17.7 Å². The summed E-state index contributed by atoms with van der Waals surface area (Å²) >= 11 is 0. The quantitative estimate of drug-likeness (QED) is 0.398. The molecule has 4 rings (SSSR count). The van der Waals surface area contributed by atoms with E-state index in [-0.39, 0.29) is 12.6 Å². The van der Waals surface area contributed by atoms with Gasteiger partial charge in [0, 0.05) is 18.8 Å². The first kappa shape index (κ1) is 26.2. The SMILES string of the molecule is COC(=O)c1ccc(CN(C(=O)N2CCOCC2)c2cccc(-c3cc(C)cc(C(F)(F)F)c3)c2)cc1. The van der Waals surface area contributed by atoms with Crippen molar-refractivity contribution in [2.45, 2.75) is 19.6 Å². The number of rotatable bonds is 5. The maximum atomic E-state index is 13.6. The van der Waals surface area contributed by atoms with Crippen molar-refractivity contribution in [2.75, 3.05) is 38.3 Å². The lowest BCUT2D eigenvalue weighted by Gasteiger charge is -2.33. The summed E-state index contributed by atoms with van der Waals surface area (Å²) in [5, 5.41) is 0. The van der Waals surface area contributed by atoms with Crippen LogP contribution in [0.3, 0.4) is 0 Å². The summed E-state index contributed by atoms with van der Waals surface area (Å²) in [5.41, 5.74) is 2.44. The Morgan fingerprint density at radius 3 is 2.32 bits per heavy atom. The molecule has 1 aliphatic rings. The number of hydrogen-bond donors (Lipinski definition) is 0. The molecule has 194 valence electrons. The van der Waals surface area contributed by atoms with Crippen molar-refractivity contribution in [3.05, 3.63) is 89.0 Å². The topological polar surface area (TPSA) is 59.1 Å². The number of urea groups is 1. The van der Waals surface area contributed by atoms with Gasteiger partial charge in [-0.3, -0.25) is 4.90 Å². The van der Waals surface area contributed by atoms with Crippen molar-refractivity contribution >= 4 is 17.7 Å². The standard InChI is InChI=1S/C28H27F3N2O4/c1-19-14-23(16-24(15-19)28(29,30)31)22-4-3-5-25(17-22)33(27(35)32-10-12-37-13-11-32)18-20-6-8-21(9-7-20)26(34)36-2/h3-9,14-17H,10-13,18H2,1-2H3. The third-order valence-corrected chi connectivity index (χ3v) is 6.12. The Kier molecular flexibility index (Phi) is 7.83. The fourth-order valence-corrected chi connectivity index (χ4v) is 4.21. The number of benzene rings is 3. The van der Waals surface area contributed by atoms with E-state index in [1.807, 2.05) is 0 Å². The van der Waals surface area contributed by atoms with Crippen molar-refractivity contribution in [3.8, 4) is 11.1 Å². The normalized spacial score (nSPS) is 13.8. The number of aryl methyl sites for hydroxylation is 1. The van der Waals surface area contributed by atoms with Crippen LogP contribution < -0.4 is 4.90 Å². The van der Waals surface area contributed by atoms with Crippen LogP contribution in [0.2, 0.25) is 0 Å². The van der Waals surface area contributed by atoms with E-state index < -0.39 is 17.7 Å². The molecule has 0 unspecified atom stereocenters. The highest BCUT2D eigenvalue weighted by Crippen LogP contribution is 2.34. The first-order valence-corrected chi connectivity index (χ1v) is 11.8. The molecule has 0 N–H and O–H groups in total. The lowest BCUT2D eigenvalue weighted by atomic mass is 9.99. The molecule has 2 amide bonds. The number of methoxy groups -OCH3 is 1. The average Bonchev–Trinajstić information content (AvgIpc) is 2.91. The number of hydrogen-bond acceptors (Lipinski definition) is 4. The number of carbonyl (C=O) groups is 2.